The lowest BCUT2D eigenvalue weighted by Crippen LogP contribution is -2.39. The second-order valence-electron chi connectivity index (χ2n) is 6.71. The molecule has 0 aliphatic heterocycles. The van der Waals surface area contributed by atoms with Crippen molar-refractivity contribution in [2.24, 2.45) is 5.92 Å². The van der Waals surface area contributed by atoms with E-state index in [0.29, 0.717) is 25.0 Å². The fourth-order valence-electron chi connectivity index (χ4n) is 2.56. The molecule has 1 amide bonds. The number of ether oxygens (including phenoxy) is 2. The van der Waals surface area contributed by atoms with Crippen molar-refractivity contribution < 1.29 is 14.3 Å². The van der Waals surface area contributed by atoms with Gasteiger partial charge in [0.1, 0.15) is 6.10 Å². The van der Waals surface area contributed by atoms with Gasteiger partial charge in [-0.05, 0) is 36.3 Å². The molecule has 3 atom stereocenters. The molecule has 0 saturated heterocycles. The van der Waals surface area contributed by atoms with Crippen LogP contribution in [0.25, 0.3) is 0 Å². The Morgan fingerprint density at radius 3 is 2.12 bits per heavy atom. The van der Waals surface area contributed by atoms with Gasteiger partial charge < -0.3 is 14.8 Å². The van der Waals surface area contributed by atoms with E-state index in [1.807, 2.05) is 0 Å². The van der Waals surface area contributed by atoms with Gasteiger partial charge in [-0.1, -0.05) is 52.0 Å². The number of hydrogen-bond donors (Lipinski definition) is 1. The summed E-state index contributed by atoms with van der Waals surface area (Å²) >= 11 is 0. The normalized spacial score (nSPS) is 15.1. The Morgan fingerprint density at radius 1 is 1.04 bits per heavy atom. The van der Waals surface area contributed by atoms with E-state index in [9.17, 15) is 4.79 Å². The zero-order chi connectivity index (χ0) is 18.1. The summed E-state index contributed by atoms with van der Waals surface area (Å²) in [5.74, 6) is 0.769. The second kappa shape index (κ2) is 10.5. The van der Waals surface area contributed by atoms with Crippen molar-refractivity contribution >= 4 is 5.91 Å². The van der Waals surface area contributed by atoms with Crippen LogP contribution in [0.4, 0.5) is 0 Å². The summed E-state index contributed by atoms with van der Waals surface area (Å²) in [4.78, 5) is 12.4. The van der Waals surface area contributed by atoms with Gasteiger partial charge in [-0.3, -0.25) is 4.79 Å². The Balaban J connectivity index is 2.74. The van der Waals surface area contributed by atoms with Gasteiger partial charge in [-0.15, -0.1) is 0 Å². The first-order valence-corrected chi connectivity index (χ1v) is 8.91. The molecule has 1 rings (SSSR count). The summed E-state index contributed by atoms with van der Waals surface area (Å²) in [6, 6.07) is 8.58. The van der Waals surface area contributed by atoms with Crippen molar-refractivity contribution in [3.63, 3.8) is 0 Å². The van der Waals surface area contributed by atoms with Crippen LogP contribution < -0.4 is 5.32 Å². The Kier molecular flexibility index (Phi) is 9.01. The highest BCUT2D eigenvalue weighted by atomic mass is 16.5. The van der Waals surface area contributed by atoms with E-state index in [2.05, 4.69) is 57.3 Å². The van der Waals surface area contributed by atoms with Crippen LogP contribution in [0.5, 0.6) is 0 Å². The van der Waals surface area contributed by atoms with Crippen LogP contribution in [-0.2, 0) is 14.3 Å². The minimum atomic E-state index is -0.485. The first-order chi connectivity index (χ1) is 11.4. The van der Waals surface area contributed by atoms with Gasteiger partial charge in [0.25, 0.3) is 0 Å². The molecule has 136 valence electrons. The fourth-order valence-corrected chi connectivity index (χ4v) is 2.56. The summed E-state index contributed by atoms with van der Waals surface area (Å²) in [6.45, 7) is 11.3. The minimum Gasteiger partial charge on any atom is -0.382 e. The third kappa shape index (κ3) is 6.25. The van der Waals surface area contributed by atoms with Gasteiger partial charge in [-0.2, -0.15) is 0 Å². The molecule has 0 saturated carbocycles. The highest BCUT2D eigenvalue weighted by Gasteiger charge is 2.22. The molecule has 0 fully saturated rings. The molecule has 1 aromatic carbocycles. The van der Waals surface area contributed by atoms with Gasteiger partial charge in [0, 0.05) is 7.11 Å². The predicted molar refractivity (Wildman–Crippen MR) is 98.2 cm³/mol. The molecule has 0 aliphatic rings. The maximum absolute atomic E-state index is 12.4. The predicted octanol–water partition coefficient (Wildman–Crippen LogP) is 4.06. The van der Waals surface area contributed by atoms with Crippen molar-refractivity contribution in [1.82, 2.24) is 5.32 Å². The van der Waals surface area contributed by atoms with E-state index in [1.165, 1.54) is 5.56 Å². The van der Waals surface area contributed by atoms with Crippen LogP contribution in [0.15, 0.2) is 24.3 Å². The molecule has 0 spiro atoms. The van der Waals surface area contributed by atoms with Gasteiger partial charge >= 0.3 is 0 Å². The summed E-state index contributed by atoms with van der Waals surface area (Å²) in [7, 11) is 1.62. The molecule has 0 aromatic heterocycles. The Labute approximate surface area is 146 Å². The molecule has 0 aliphatic carbocycles. The SMILES string of the molecule is CCC(C)c1ccc(C(NC(=O)C(C)OCCOC)C(C)C)cc1. The van der Waals surface area contributed by atoms with Crippen LogP contribution in [0.1, 0.15) is 64.1 Å². The van der Waals surface area contributed by atoms with Crippen molar-refractivity contribution in [2.45, 2.75) is 59.1 Å². The quantitative estimate of drug-likeness (QED) is 0.656. The molecule has 0 radical (unpaired) electrons. The lowest BCUT2D eigenvalue weighted by Gasteiger charge is -2.25. The lowest BCUT2D eigenvalue weighted by molar-refractivity contribution is -0.133. The Hall–Kier alpha value is -1.39. The van der Waals surface area contributed by atoms with Crippen molar-refractivity contribution in [3.8, 4) is 0 Å². The van der Waals surface area contributed by atoms with E-state index in [4.69, 9.17) is 9.47 Å². The highest BCUT2D eigenvalue weighted by molar-refractivity contribution is 5.80. The topological polar surface area (TPSA) is 47.6 Å². The number of amides is 1. The summed E-state index contributed by atoms with van der Waals surface area (Å²) < 4.78 is 10.4. The second-order valence-corrected chi connectivity index (χ2v) is 6.71. The largest absolute Gasteiger partial charge is 0.382 e. The average molecular weight is 335 g/mol. The van der Waals surface area contributed by atoms with Crippen LogP contribution in [0.3, 0.4) is 0 Å². The van der Waals surface area contributed by atoms with E-state index < -0.39 is 6.10 Å². The first kappa shape index (κ1) is 20.7. The third-order valence-corrected chi connectivity index (χ3v) is 4.47. The van der Waals surface area contributed by atoms with Crippen LogP contribution in [0, 0.1) is 5.92 Å². The van der Waals surface area contributed by atoms with Gasteiger partial charge in [0.15, 0.2) is 0 Å². The summed E-state index contributed by atoms with van der Waals surface area (Å²) in [5, 5.41) is 3.12. The zero-order valence-electron chi connectivity index (χ0n) is 16.0. The molecule has 1 N–H and O–H groups in total. The standard InChI is InChI=1S/C20H33NO3/c1-7-15(4)17-8-10-18(11-9-17)19(14(2)3)21-20(22)16(5)24-13-12-23-6/h8-11,14-16,19H,7,12-13H2,1-6H3,(H,21,22). The molecule has 24 heavy (non-hydrogen) atoms. The molecule has 4 nitrogen and oxygen atoms in total. The number of hydrogen-bond acceptors (Lipinski definition) is 3. The van der Waals surface area contributed by atoms with Gasteiger partial charge in [0.05, 0.1) is 19.3 Å². The molecule has 1 aromatic rings. The molecule has 0 bridgehead atoms. The number of methoxy groups -OCH3 is 1. The van der Waals surface area contributed by atoms with Gasteiger partial charge in [-0.25, -0.2) is 0 Å². The Bertz CT molecular complexity index is 484. The highest BCUT2D eigenvalue weighted by Crippen LogP contribution is 2.25. The smallest absolute Gasteiger partial charge is 0.249 e. The third-order valence-electron chi connectivity index (χ3n) is 4.47. The van der Waals surface area contributed by atoms with Crippen molar-refractivity contribution in [1.29, 1.82) is 0 Å². The van der Waals surface area contributed by atoms with E-state index in [1.54, 1.807) is 14.0 Å². The van der Waals surface area contributed by atoms with Crippen molar-refractivity contribution in [2.75, 3.05) is 20.3 Å². The number of rotatable bonds is 10. The number of benzene rings is 1. The van der Waals surface area contributed by atoms with Crippen LogP contribution >= 0.6 is 0 Å². The van der Waals surface area contributed by atoms with E-state index in [-0.39, 0.29) is 11.9 Å². The molecular weight excluding hydrogens is 302 g/mol. The average Bonchev–Trinajstić information content (AvgIpc) is 2.58. The number of carbonyl (C=O) groups is 1. The molecule has 4 heteroatoms. The Morgan fingerprint density at radius 2 is 1.62 bits per heavy atom. The summed E-state index contributed by atoms with van der Waals surface area (Å²) in [6.07, 6.45) is 0.640. The van der Waals surface area contributed by atoms with Gasteiger partial charge in [0.2, 0.25) is 5.91 Å². The maximum atomic E-state index is 12.4. The summed E-state index contributed by atoms with van der Waals surface area (Å²) in [5.41, 5.74) is 2.47. The zero-order valence-corrected chi connectivity index (χ0v) is 16.0. The monoisotopic (exact) mass is 335 g/mol. The molecule has 0 heterocycles. The fraction of sp³-hybridized carbons (Fsp3) is 0.650. The number of carbonyl (C=O) groups excluding carboxylic acids is 1. The molecular formula is C20H33NO3. The van der Waals surface area contributed by atoms with Crippen LogP contribution in [0.2, 0.25) is 0 Å². The molecule has 3 unspecified atom stereocenters. The minimum absolute atomic E-state index is 0.0167. The van der Waals surface area contributed by atoms with E-state index in [0.717, 1.165) is 12.0 Å². The lowest BCUT2D eigenvalue weighted by atomic mass is 9.92. The van der Waals surface area contributed by atoms with E-state index >= 15 is 0 Å². The van der Waals surface area contributed by atoms with Crippen LogP contribution in [-0.4, -0.2) is 32.3 Å². The number of nitrogens with one attached hydrogen (secondary N) is 1. The first-order valence-electron chi connectivity index (χ1n) is 8.91. The maximum Gasteiger partial charge on any atom is 0.249 e. The van der Waals surface area contributed by atoms with Crippen molar-refractivity contribution in [3.05, 3.63) is 35.4 Å².